The highest BCUT2D eigenvalue weighted by Crippen LogP contribution is 2.20. The molecule has 12 heavy (non-hydrogen) atoms. The Hall–Kier alpha value is -0.930. The zero-order valence-corrected chi connectivity index (χ0v) is 7.77. The maximum atomic E-state index is 8.83. The number of thiazole rings is 1. The van der Waals surface area contributed by atoms with Crippen molar-refractivity contribution in [2.75, 3.05) is 0 Å². The van der Waals surface area contributed by atoms with E-state index in [1.165, 1.54) is 11.3 Å². The molecule has 64 valence electrons. The van der Waals surface area contributed by atoms with Crippen molar-refractivity contribution in [3.63, 3.8) is 0 Å². The first-order valence-corrected chi connectivity index (χ1v) is 4.49. The average molecular weight is 181 g/mol. The number of allylic oxidation sites excluding steroid dienone is 1. The maximum absolute atomic E-state index is 8.83. The van der Waals surface area contributed by atoms with Crippen molar-refractivity contribution in [2.45, 2.75) is 13.5 Å². The molecule has 3 heteroatoms. The quantitative estimate of drug-likeness (QED) is 0.776. The highest BCUT2D eigenvalue weighted by molar-refractivity contribution is 7.12. The van der Waals surface area contributed by atoms with Gasteiger partial charge in [0.1, 0.15) is 5.01 Å². The molecule has 0 atom stereocenters. The molecule has 0 unspecified atom stereocenters. The van der Waals surface area contributed by atoms with Crippen LogP contribution in [-0.4, -0.2) is 10.1 Å². The molecular formula is C9H11NOS. The van der Waals surface area contributed by atoms with E-state index in [1.807, 2.05) is 19.1 Å². The molecule has 0 aliphatic heterocycles. The molecule has 0 aliphatic rings. The Morgan fingerprint density at radius 1 is 1.67 bits per heavy atom. The number of aliphatic hydroxyl groups excluding tert-OH is 1. The van der Waals surface area contributed by atoms with E-state index in [0.29, 0.717) is 0 Å². The molecule has 0 spiro atoms. The molecule has 0 bridgehead atoms. The van der Waals surface area contributed by atoms with E-state index in [4.69, 9.17) is 5.11 Å². The van der Waals surface area contributed by atoms with Crippen molar-refractivity contribution in [1.29, 1.82) is 0 Å². The Kier molecular flexibility index (Phi) is 3.19. The molecule has 1 aromatic rings. The summed E-state index contributed by atoms with van der Waals surface area (Å²) >= 11 is 1.49. The SMILES string of the molecule is C=Cc1nc(CO)sc1/C=C\C. The van der Waals surface area contributed by atoms with Crippen molar-refractivity contribution >= 4 is 23.5 Å². The molecule has 0 saturated carbocycles. The summed E-state index contributed by atoms with van der Waals surface area (Å²) in [6.45, 7) is 5.60. The van der Waals surface area contributed by atoms with E-state index >= 15 is 0 Å². The van der Waals surface area contributed by atoms with Crippen LogP contribution in [0.4, 0.5) is 0 Å². The summed E-state index contributed by atoms with van der Waals surface area (Å²) in [6, 6.07) is 0. The first-order valence-electron chi connectivity index (χ1n) is 3.67. The van der Waals surface area contributed by atoms with E-state index < -0.39 is 0 Å². The van der Waals surface area contributed by atoms with Gasteiger partial charge in [-0.05, 0) is 19.1 Å². The van der Waals surface area contributed by atoms with Gasteiger partial charge >= 0.3 is 0 Å². The van der Waals surface area contributed by atoms with Crippen LogP contribution in [0.15, 0.2) is 12.7 Å². The van der Waals surface area contributed by atoms with Crippen molar-refractivity contribution in [2.24, 2.45) is 0 Å². The second-order valence-corrected chi connectivity index (χ2v) is 3.33. The molecular weight excluding hydrogens is 170 g/mol. The third kappa shape index (κ3) is 1.81. The van der Waals surface area contributed by atoms with Crippen LogP contribution in [0.1, 0.15) is 22.5 Å². The van der Waals surface area contributed by atoms with Gasteiger partial charge in [-0.1, -0.05) is 12.7 Å². The van der Waals surface area contributed by atoms with Crippen LogP contribution in [0, 0.1) is 0 Å². The summed E-state index contributed by atoms with van der Waals surface area (Å²) in [5.74, 6) is 0. The third-order valence-electron chi connectivity index (χ3n) is 1.37. The van der Waals surface area contributed by atoms with Crippen LogP contribution >= 0.6 is 11.3 Å². The summed E-state index contributed by atoms with van der Waals surface area (Å²) in [5, 5.41) is 9.56. The zero-order chi connectivity index (χ0) is 8.97. The normalized spacial score (nSPS) is 10.8. The van der Waals surface area contributed by atoms with E-state index in [0.717, 1.165) is 15.6 Å². The number of aliphatic hydroxyl groups is 1. The Morgan fingerprint density at radius 3 is 2.92 bits per heavy atom. The molecule has 0 saturated heterocycles. The molecule has 1 rings (SSSR count). The fraction of sp³-hybridized carbons (Fsp3) is 0.222. The van der Waals surface area contributed by atoms with Crippen LogP contribution in [-0.2, 0) is 6.61 Å². The number of nitrogens with zero attached hydrogens (tertiary/aromatic N) is 1. The number of hydrogen-bond donors (Lipinski definition) is 1. The van der Waals surface area contributed by atoms with Crippen molar-refractivity contribution in [1.82, 2.24) is 4.98 Å². The smallest absolute Gasteiger partial charge is 0.119 e. The summed E-state index contributed by atoms with van der Waals surface area (Å²) in [4.78, 5) is 5.22. The molecule has 1 aromatic heterocycles. The predicted molar refractivity (Wildman–Crippen MR) is 52.8 cm³/mol. The van der Waals surface area contributed by atoms with Gasteiger partial charge in [-0.25, -0.2) is 4.98 Å². The van der Waals surface area contributed by atoms with E-state index in [1.54, 1.807) is 6.08 Å². The van der Waals surface area contributed by atoms with Gasteiger partial charge in [-0.3, -0.25) is 0 Å². The highest BCUT2D eigenvalue weighted by atomic mass is 32.1. The van der Waals surface area contributed by atoms with Gasteiger partial charge in [0, 0.05) is 0 Å². The minimum absolute atomic E-state index is 0.00304. The Labute approximate surface area is 75.9 Å². The van der Waals surface area contributed by atoms with Crippen LogP contribution in [0.5, 0.6) is 0 Å². The van der Waals surface area contributed by atoms with Gasteiger partial charge in [0.15, 0.2) is 0 Å². The fourth-order valence-electron chi connectivity index (χ4n) is 0.876. The third-order valence-corrected chi connectivity index (χ3v) is 2.39. The number of aromatic nitrogens is 1. The van der Waals surface area contributed by atoms with E-state index in [9.17, 15) is 0 Å². The molecule has 0 aromatic carbocycles. The lowest BCUT2D eigenvalue weighted by atomic mass is 10.3. The Bertz CT molecular complexity index is 301. The lowest BCUT2D eigenvalue weighted by molar-refractivity contribution is 0.281. The fourth-order valence-corrected chi connectivity index (χ4v) is 1.78. The standard InChI is InChI=1S/C9H11NOS/c1-3-5-8-7(4-2)10-9(6-11)12-8/h3-5,11H,2,6H2,1H3/b5-3-. The van der Waals surface area contributed by atoms with Gasteiger partial charge in [0.05, 0.1) is 17.2 Å². The van der Waals surface area contributed by atoms with E-state index in [-0.39, 0.29) is 6.61 Å². The van der Waals surface area contributed by atoms with E-state index in [2.05, 4.69) is 11.6 Å². The molecule has 0 amide bonds. The van der Waals surface area contributed by atoms with Gasteiger partial charge in [0.2, 0.25) is 0 Å². The summed E-state index contributed by atoms with van der Waals surface area (Å²) in [7, 11) is 0. The summed E-state index contributed by atoms with van der Waals surface area (Å²) in [6.07, 6.45) is 5.61. The summed E-state index contributed by atoms with van der Waals surface area (Å²) in [5.41, 5.74) is 0.849. The maximum Gasteiger partial charge on any atom is 0.119 e. The monoisotopic (exact) mass is 181 g/mol. The number of hydrogen-bond acceptors (Lipinski definition) is 3. The van der Waals surface area contributed by atoms with Crippen LogP contribution in [0.25, 0.3) is 12.2 Å². The van der Waals surface area contributed by atoms with Gasteiger partial charge in [-0.2, -0.15) is 0 Å². The molecule has 2 nitrogen and oxygen atoms in total. The van der Waals surface area contributed by atoms with Crippen molar-refractivity contribution in [3.8, 4) is 0 Å². The lowest BCUT2D eigenvalue weighted by Crippen LogP contribution is -1.79. The summed E-state index contributed by atoms with van der Waals surface area (Å²) < 4.78 is 0. The van der Waals surface area contributed by atoms with Gasteiger partial charge in [-0.15, -0.1) is 11.3 Å². The van der Waals surface area contributed by atoms with Crippen LogP contribution < -0.4 is 0 Å². The van der Waals surface area contributed by atoms with Gasteiger partial charge < -0.3 is 5.11 Å². The average Bonchev–Trinajstić information content (AvgIpc) is 2.48. The first-order chi connectivity index (χ1) is 5.81. The minimum atomic E-state index is 0.00304. The Balaban J connectivity index is 3.07. The minimum Gasteiger partial charge on any atom is -0.389 e. The zero-order valence-electron chi connectivity index (χ0n) is 6.95. The lowest BCUT2D eigenvalue weighted by Gasteiger charge is -1.84. The molecule has 1 heterocycles. The molecule has 1 N–H and O–H groups in total. The highest BCUT2D eigenvalue weighted by Gasteiger charge is 2.03. The largest absolute Gasteiger partial charge is 0.389 e. The Morgan fingerprint density at radius 2 is 2.42 bits per heavy atom. The topological polar surface area (TPSA) is 33.1 Å². The van der Waals surface area contributed by atoms with Crippen molar-refractivity contribution in [3.05, 3.63) is 28.2 Å². The molecule has 0 radical (unpaired) electrons. The predicted octanol–water partition coefficient (Wildman–Crippen LogP) is 2.31. The first kappa shape index (κ1) is 9.16. The molecule has 0 fully saturated rings. The van der Waals surface area contributed by atoms with Crippen LogP contribution in [0.2, 0.25) is 0 Å². The van der Waals surface area contributed by atoms with Crippen molar-refractivity contribution < 1.29 is 5.11 Å². The molecule has 0 aliphatic carbocycles. The van der Waals surface area contributed by atoms with Crippen LogP contribution in [0.3, 0.4) is 0 Å². The number of rotatable bonds is 3. The second kappa shape index (κ2) is 4.18. The second-order valence-electron chi connectivity index (χ2n) is 2.22. The van der Waals surface area contributed by atoms with Gasteiger partial charge in [0.25, 0.3) is 0 Å².